The Morgan fingerprint density at radius 2 is 2.00 bits per heavy atom. The van der Waals surface area contributed by atoms with Crippen molar-refractivity contribution in [1.29, 1.82) is 0 Å². The van der Waals surface area contributed by atoms with Gasteiger partial charge in [0, 0.05) is 32.2 Å². The Morgan fingerprint density at radius 1 is 1.20 bits per heavy atom. The van der Waals surface area contributed by atoms with Crippen LogP contribution in [0.5, 0.6) is 0 Å². The Bertz CT molecular complexity index is 1190. The predicted molar refractivity (Wildman–Crippen MR) is 134 cm³/mol. The first kappa shape index (κ1) is 23.0. The molecule has 2 aromatic carbocycles. The quantitative estimate of drug-likeness (QED) is 0.409. The Balaban J connectivity index is 1.58. The van der Waals surface area contributed by atoms with Crippen LogP contribution >= 0.6 is 0 Å². The van der Waals surface area contributed by atoms with E-state index in [2.05, 4.69) is 21.0 Å². The van der Waals surface area contributed by atoms with Crippen molar-refractivity contribution in [3.05, 3.63) is 65.7 Å². The van der Waals surface area contributed by atoms with Gasteiger partial charge in [-0.2, -0.15) is 9.97 Å². The fourth-order valence-electron chi connectivity index (χ4n) is 4.38. The maximum absolute atomic E-state index is 12.4. The highest BCUT2D eigenvalue weighted by Gasteiger charge is 2.30. The van der Waals surface area contributed by atoms with Crippen LogP contribution < -0.4 is 21.0 Å². The third kappa shape index (κ3) is 4.76. The topological polar surface area (TPSA) is 115 Å². The number of ether oxygens (including phenoxy) is 1. The third-order valence-corrected chi connectivity index (χ3v) is 6.11. The van der Waals surface area contributed by atoms with Gasteiger partial charge in [-0.3, -0.25) is 4.79 Å². The van der Waals surface area contributed by atoms with Gasteiger partial charge >= 0.3 is 0 Å². The third-order valence-electron chi connectivity index (χ3n) is 6.11. The summed E-state index contributed by atoms with van der Waals surface area (Å²) in [5, 5.41) is 23.2. The molecule has 1 fully saturated rings. The number of nitrogens with zero attached hydrogens (tertiary/aromatic N) is 4. The van der Waals surface area contributed by atoms with Crippen molar-refractivity contribution in [1.82, 2.24) is 20.3 Å². The van der Waals surface area contributed by atoms with E-state index in [4.69, 9.17) is 14.7 Å². The van der Waals surface area contributed by atoms with E-state index in [-0.39, 0.29) is 18.6 Å². The average molecular weight is 476 g/mol. The Labute approximate surface area is 203 Å². The summed E-state index contributed by atoms with van der Waals surface area (Å²) in [7, 11) is 1.61. The number of rotatable bonds is 7. The number of carbonyl (C=O) groups excluding carboxylic acids is 1. The van der Waals surface area contributed by atoms with E-state index >= 15 is 0 Å². The van der Waals surface area contributed by atoms with Crippen molar-refractivity contribution in [3.8, 4) is 0 Å². The number of morpholine rings is 1. The van der Waals surface area contributed by atoms with Gasteiger partial charge in [-0.05, 0) is 30.7 Å². The molecule has 3 heterocycles. The first-order chi connectivity index (χ1) is 17.2. The molecule has 3 aromatic rings. The van der Waals surface area contributed by atoms with Crippen LogP contribution in [0, 0.1) is 0 Å². The molecule has 10 nitrogen and oxygen atoms in total. The van der Waals surface area contributed by atoms with Gasteiger partial charge in [-0.15, -0.1) is 0 Å². The average Bonchev–Trinajstić information content (AvgIpc) is 3.39. The molecule has 0 saturated carbocycles. The first-order valence-electron chi connectivity index (χ1n) is 11.7. The molecule has 0 bridgehead atoms. The van der Waals surface area contributed by atoms with Crippen LogP contribution in [0.15, 0.2) is 54.6 Å². The molecule has 1 atom stereocenters. The molecule has 1 saturated heterocycles. The largest absolute Gasteiger partial charge is 0.394 e. The number of carbonyl (C=O) groups is 1. The lowest BCUT2D eigenvalue weighted by Gasteiger charge is -2.40. The smallest absolute Gasteiger partial charge is 0.253 e. The number of para-hydroxylation sites is 2. The highest BCUT2D eigenvalue weighted by molar-refractivity contribution is 6.00. The van der Waals surface area contributed by atoms with E-state index in [9.17, 15) is 9.90 Å². The minimum absolute atomic E-state index is 0.0607. The molecular weight excluding hydrogens is 446 g/mol. The number of hydrogen-bond acceptors (Lipinski definition) is 9. The zero-order valence-electron chi connectivity index (χ0n) is 19.6. The lowest BCUT2D eigenvalue weighted by molar-refractivity contribution is -0.0531. The van der Waals surface area contributed by atoms with Crippen molar-refractivity contribution in [2.24, 2.45) is 0 Å². The second kappa shape index (κ2) is 10.3. The molecule has 10 heteroatoms. The maximum Gasteiger partial charge on any atom is 0.253 e. The number of fused-ring (bicyclic) bond motifs is 1. The molecule has 4 N–H and O–H groups in total. The number of aliphatic hydroxyl groups excluding tert-OH is 1. The Morgan fingerprint density at radius 3 is 2.80 bits per heavy atom. The van der Waals surface area contributed by atoms with Crippen molar-refractivity contribution >= 4 is 34.9 Å². The van der Waals surface area contributed by atoms with Crippen LogP contribution in [0.3, 0.4) is 0 Å². The monoisotopic (exact) mass is 475 g/mol. The normalized spacial score (nSPS) is 17.4. The summed E-state index contributed by atoms with van der Waals surface area (Å²) in [5.74, 6) is 1.73. The van der Waals surface area contributed by atoms with Gasteiger partial charge in [0.1, 0.15) is 11.6 Å². The standard InChI is InChI=1S/C25H29N7O3/c1-26-24(34)19-9-5-6-10-21(19)28-23-20-11-12-27-22(20)29-25(30-23)32(17-7-3-2-4-8-17)31-13-14-35-18(15-31)16-33/h2-10,18,33H,11-16H2,1H3,(H,26,34)(H2,27,28,29,30). The fourth-order valence-corrected chi connectivity index (χ4v) is 4.38. The molecule has 1 amide bonds. The van der Waals surface area contributed by atoms with Crippen LogP contribution in [0.1, 0.15) is 15.9 Å². The van der Waals surface area contributed by atoms with Gasteiger partial charge in [-0.25, -0.2) is 10.0 Å². The van der Waals surface area contributed by atoms with Crippen LogP contribution in [0.2, 0.25) is 0 Å². The molecular formula is C25H29N7O3. The molecule has 0 radical (unpaired) electrons. The Hall–Kier alpha value is -3.73. The lowest BCUT2D eigenvalue weighted by Crippen LogP contribution is -2.51. The minimum atomic E-state index is -0.292. The summed E-state index contributed by atoms with van der Waals surface area (Å²) >= 11 is 0. The summed E-state index contributed by atoms with van der Waals surface area (Å²) in [6.45, 7) is 2.31. The van der Waals surface area contributed by atoms with Crippen molar-refractivity contribution < 1.29 is 14.6 Å². The Kier molecular flexibility index (Phi) is 6.75. The summed E-state index contributed by atoms with van der Waals surface area (Å²) in [6, 6.07) is 17.3. The molecule has 0 aliphatic carbocycles. The number of amides is 1. The fraction of sp³-hybridized carbons (Fsp3) is 0.320. The maximum atomic E-state index is 12.4. The lowest BCUT2D eigenvalue weighted by atomic mass is 10.1. The van der Waals surface area contributed by atoms with E-state index in [1.165, 1.54) is 0 Å². The van der Waals surface area contributed by atoms with E-state index in [1.807, 2.05) is 53.5 Å². The van der Waals surface area contributed by atoms with Gasteiger partial charge in [0.25, 0.3) is 5.91 Å². The number of benzene rings is 2. The van der Waals surface area contributed by atoms with Crippen LogP contribution in [-0.2, 0) is 11.2 Å². The zero-order valence-corrected chi connectivity index (χ0v) is 19.6. The SMILES string of the molecule is CNC(=O)c1ccccc1Nc1nc(N(c2ccccc2)N2CCOC(CO)C2)nc2c1CCN2. The number of hydrogen-bond donors (Lipinski definition) is 4. The molecule has 35 heavy (non-hydrogen) atoms. The van der Waals surface area contributed by atoms with E-state index in [0.29, 0.717) is 42.7 Å². The van der Waals surface area contributed by atoms with Crippen molar-refractivity contribution in [3.63, 3.8) is 0 Å². The van der Waals surface area contributed by atoms with Crippen molar-refractivity contribution in [2.75, 3.05) is 55.5 Å². The minimum Gasteiger partial charge on any atom is -0.394 e. The van der Waals surface area contributed by atoms with Crippen LogP contribution in [0.4, 0.5) is 29.0 Å². The second-order valence-corrected chi connectivity index (χ2v) is 8.36. The summed E-state index contributed by atoms with van der Waals surface area (Å²) in [6.07, 6.45) is 0.481. The second-order valence-electron chi connectivity index (χ2n) is 8.36. The molecule has 1 aromatic heterocycles. The highest BCUT2D eigenvalue weighted by atomic mass is 16.5. The molecule has 5 rings (SSSR count). The molecule has 0 spiro atoms. The summed E-state index contributed by atoms with van der Waals surface area (Å²) in [4.78, 5) is 22.3. The van der Waals surface area contributed by atoms with E-state index in [1.54, 1.807) is 13.1 Å². The van der Waals surface area contributed by atoms with Gasteiger partial charge in [-0.1, -0.05) is 30.3 Å². The number of nitrogens with one attached hydrogen (secondary N) is 3. The first-order valence-corrected chi connectivity index (χ1v) is 11.7. The molecule has 1 unspecified atom stereocenters. The van der Waals surface area contributed by atoms with Gasteiger partial charge in [0.15, 0.2) is 0 Å². The number of aliphatic hydroxyl groups is 1. The highest BCUT2D eigenvalue weighted by Crippen LogP contribution is 2.34. The van der Waals surface area contributed by atoms with Crippen LogP contribution in [0.25, 0.3) is 0 Å². The number of hydrazine groups is 1. The van der Waals surface area contributed by atoms with Crippen molar-refractivity contribution in [2.45, 2.75) is 12.5 Å². The van der Waals surface area contributed by atoms with Crippen LogP contribution in [-0.4, -0.2) is 72.0 Å². The van der Waals surface area contributed by atoms with Gasteiger partial charge < -0.3 is 25.8 Å². The summed E-state index contributed by atoms with van der Waals surface area (Å²) < 4.78 is 5.68. The van der Waals surface area contributed by atoms with Gasteiger partial charge in [0.2, 0.25) is 5.95 Å². The molecule has 2 aliphatic rings. The predicted octanol–water partition coefficient (Wildman–Crippen LogP) is 2.29. The zero-order chi connectivity index (χ0) is 24.2. The number of aromatic nitrogens is 2. The van der Waals surface area contributed by atoms with E-state index in [0.717, 1.165) is 30.0 Å². The molecule has 182 valence electrons. The molecule has 2 aliphatic heterocycles. The number of anilines is 5. The summed E-state index contributed by atoms with van der Waals surface area (Å²) in [5.41, 5.74) is 3.08. The van der Waals surface area contributed by atoms with Gasteiger partial charge in [0.05, 0.1) is 36.3 Å². The van der Waals surface area contributed by atoms with E-state index < -0.39 is 0 Å².